The smallest absolute Gasteiger partial charge is 0.263 e. The van der Waals surface area contributed by atoms with Crippen LogP contribution in [0.4, 0.5) is 5.69 Å². The molecule has 7 heteroatoms. The van der Waals surface area contributed by atoms with Crippen LogP contribution in [0, 0.1) is 20.8 Å². The first-order valence-corrected chi connectivity index (χ1v) is 11.9. The molecular weight excluding hydrogens is 426 g/mol. The van der Waals surface area contributed by atoms with E-state index in [0.29, 0.717) is 24.2 Å². The molecule has 2 aromatic carbocycles. The molecule has 2 aliphatic heterocycles. The third kappa shape index (κ3) is 4.12. The summed E-state index contributed by atoms with van der Waals surface area (Å²) in [7, 11) is 0. The molecule has 3 aromatic rings. The molecule has 1 saturated heterocycles. The molecule has 0 bridgehead atoms. The number of imide groups is 1. The molecule has 0 radical (unpaired) electrons. The number of benzene rings is 2. The molecule has 1 fully saturated rings. The summed E-state index contributed by atoms with van der Waals surface area (Å²) in [4.78, 5) is 32.5. The molecule has 0 N–H and O–H groups in total. The zero-order chi connectivity index (χ0) is 23.8. The third-order valence-corrected chi connectivity index (χ3v) is 6.98. The molecule has 0 spiro atoms. The molecule has 3 heterocycles. The molecule has 0 unspecified atom stereocenters. The average molecular weight is 458 g/mol. The van der Waals surface area contributed by atoms with Crippen LogP contribution < -0.4 is 4.90 Å². The van der Waals surface area contributed by atoms with Gasteiger partial charge in [-0.15, -0.1) is 0 Å². The Labute approximate surface area is 200 Å². The predicted octanol–water partition coefficient (Wildman–Crippen LogP) is 3.43. The van der Waals surface area contributed by atoms with Crippen LogP contribution in [0.25, 0.3) is 0 Å². The van der Waals surface area contributed by atoms with Gasteiger partial charge in [-0.05, 0) is 50.1 Å². The number of fused-ring (bicyclic) bond motifs is 1. The fourth-order valence-electron chi connectivity index (χ4n) is 5.05. The Morgan fingerprint density at radius 3 is 2.32 bits per heavy atom. The van der Waals surface area contributed by atoms with Crippen LogP contribution >= 0.6 is 0 Å². The minimum absolute atomic E-state index is 0.195. The van der Waals surface area contributed by atoms with Crippen LogP contribution in [-0.2, 0) is 13.1 Å². The van der Waals surface area contributed by atoms with Gasteiger partial charge in [-0.25, -0.2) is 0 Å². The number of carbonyl (C=O) groups excluding carboxylic acids is 2. The largest absolute Gasteiger partial charge is 0.368 e. The summed E-state index contributed by atoms with van der Waals surface area (Å²) in [5.41, 5.74) is 6.57. The molecule has 1 aromatic heterocycles. The fraction of sp³-hybridized carbons (Fsp3) is 0.370. The normalized spacial score (nSPS) is 16.4. The van der Waals surface area contributed by atoms with Gasteiger partial charge in [-0.3, -0.25) is 24.1 Å². The Kier molecular flexibility index (Phi) is 5.96. The summed E-state index contributed by atoms with van der Waals surface area (Å²) in [6.45, 7) is 11.3. The minimum atomic E-state index is -0.207. The van der Waals surface area contributed by atoms with E-state index in [1.807, 2.05) is 36.7 Å². The number of anilines is 1. The van der Waals surface area contributed by atoms with Gasteiger partial charge in [0.1, 0.15) is 0 Å². The molecule has 7 nitrogen and oxygen atoms in total. The standard InChI is InChI=1S/C27H31N5O2/c1-19-7-4-5-8-22(19)18-29-11-13-30(14-12-29)24-10-6-9-23-25(24)27(34)31(26(23)33)15-16-32-21(3)17-20(2)28-32/h4-10,17H,11-16,18H2,1-3H3. The van der Waals surface area contributed by atoms with Gasteiger partial charge in [0.05, 0.1) is 29.1 Å². The molecule has 0 aliphatic carbocycles. The number of aromatic nitrogens is 2. The highest BCUT2D eigenvalue weighted by molar-refractivity contribution is 6.23. The maximum Gasteiger partial charge on any atom is 0.263 e. The zero-order valence-electron chi connectivity index (χ0n) is 20.1. The predicted molar refractivity (Wildman–Crippen MR) is 132 cm³/mol. The molecule has 34 heavy (non-hydrogen) atoms. The highest BCUT2D eigenvalue weighted by atomic mass is 16.2. The van der Waals surface area contributed by atoms with E-state index < -0.39 is 0 Å². The van der Waals surface area contributed by atoms with Crippen LogP contribution in [0.1, 0.15) is 43.2 Å². The summed E-state index contributed by atoms with van der Waals surface area (Å²) in [6, 6.07) is 16.2. The van der Waals surface area contributed by atoms with Crippen LogP contribution in [-0.4, -0.2) is 64.1 Å². The van der Waals surface area contributed by atoms with E-state index in [-0.39, 0.29) is 11.8 Å². The van der Waals surface area contributed by atoms with Crippen LogP contribution in [0.3, 0.4) is 0 Å². The van der Waals surface area contributed by atoms with Crippen molar-refractivity contribution in [3.8, 4) is 0 Å². The van der Waals surface area contributed by atoms with Gasteiger partial charge in [-0.2, -0.15) is 5.10 Å². The van der Waals surface area contributed by atoms with Crippen molar-refractivity contribution < 1.29 is 9.59 Å². The molecule has 5 rings (SSSR count). The summed E-state index contributed by atoms with van der Waals surface area (Å²) in [5.74, 6) is -0.402. The van der Waals surface area contributed by atoms with Crippen molar-refractivity contribution in [1.29, 1.82) is 0 Å². The number of rotatable bonds is 6. The van der Waals surface area contributed by atoms with E-state index in [1.54, 1.807) is 6.07 Å². The molecule has 2 amide bonds. The van der Waals surface area contributed by atoms with E-state index in [4.69, 9.17) is 0 Å². The van der Waals surface area contributed by atoms with E-state index in [2.05, 4.69) is 46.1 Å². The van der Waals surface area contributed by atoms with Crippen molar-refractivity contribution in [2.45, 2.75) is 33.9 Å². The number of carbonyl (C=O) groups is 2. The highest BCUT2D eigenvalue weighted by Gasteiger charge is 2.38. The van der Waals surface area contributed by atoms with Crippen molar-refractivity contribution in [2.75, 3.05) is 37.6 Å². The third-order valence-electron chi connectivity index (χ3n) is 6.98. The van der Waals surface area contributed by atoms with E-state index in [0.717, 1.165) is 49.8 Å². The van der Waals surface area contributed by atoms with E-state index >= 15 is 0 Å². The quantitative estimate of drug-likeness (QED) is 0.531. The maximum absolute atomic E-state index is 13.4. The summed E-state index contributed by atoms with van der Waals surface area (Å²) >= 11 is 0. The second kappa shape index (κ2) is 9.06. The van der Waals surface area contributed by atoms with Gasteiger partial charge in [0, 0.05) is 45.0 Å². The molecule has 0 saturated carbocycles. The lowest BCUT2D eigenvalue weighted by molar-refractivity contribution is 0.0647. The number of piperazine rings is 1. The van der Waals surface area contributed by atoms with Gasteiger partial charge in [0.2, 0.25) is 0 Å². The van der Waals surface area contributed by atoms with Gasteiger partial charge in [0.25, 0.3) is 11.8 Å². The van der Waals surface area contributed by atoms with Gasteiger partial charge in [0.15, 0.2) is 0 Å². The van der Waals surface area contributed by atoms with Gasteiger partial charge >= 0.3 is 0 Å². The van der Waals surface area contributed by atoms with Crippen LogP contribution in [0.5, 0.6) is 0 Å². The second-order valence-corrected chi connectivity index (χ2v) is 9.30. The number of nitrogens with zero attached hydrogens (tertiary/aromatic N) is 5. The van der Waals surface area contributed by atoms with Crippen molar-refractivity contribution in [2.24, 2.45) is 0 Å². The topological polar surface area (TPSA) is 61.7 Å². The molecular formula is C27H31N5O2. The number of hydrogen-bond donors (Lipinski definition) is 0. The first kappa shape index (κ1) is 22.3. The average Bonchev–Trinajstić information content (AvgIpc) is 3.29. The Balaban J connectivity index is 1.28. The molecule has 176 valence electrons. The Hall–Kier alpha value is -3.45. The summed E-state index contributed by atoms with van der Waals surface area (Å²) in [5, 5.41) is 4.46. The van der Waals surface area contributed by atoms with Crippen molar-refractivity contribution in [1.82, 2.24) is 19.6 Å². The monoisotopic (exact) mass is 457 g/mol. The number of hydrogen-bond acceptors (Lipinski definition) is 5. The number of aryl methyl sites for hydroxylation is 3. The Bertz CT molecular complexity index is 1240. The van der Waals surface area contributed by atoms with Crippen molar-refractivity contribution >= 4 is 17.5 Å². The number of amides is 2. The second-order valence-electron chi connectivity index (χ2n) is 9.30. The van der Waals surface area contributed by atoms with Crippen molar-refractivity contribution in [3.63, 3.8) is 0 Å². The SMILES string of the molecule is Cc1cc(C)n(CCN2C(=O)c3cccc(N4CCN(Cc5ccccc5C)CC4)c3C2=O)n1. The van der Waals surface area contributed by atoms with Crippen LogP contribution in [0.15, 0.2) is 48.5 Å². The Morgan fingerprint density at radius 2 is 1.62 bits per heavy atom. The maximum atomic E-state index is 13.4. The summed E-state index contributed by atoms with van der Waals surface area (Å²) in [6.07, 6.45) is 0. The molecule has 2 aliphatic rings. The minimum Gasteiger partial charge on any atom is -0.368 e. The van der Waals surface area contributed by atoms with Gasteiger partial charge < -0.3 is 4.90 Å². The lowest BCUT2D eigenvalue weighted by Gasteiger charge is -2.37. The van der Waals surface area contributed by atoms with Crippen molar-refractivity contribution in [3.05, 3.63) is 82.2 Å². The summed E-state index contributed by atoms with van der Waals surface area (Å²) < 4.78 is 1.85. The highest BCUT2D eigenvalue weighted by Crippen LogP contribution is 2.32. The molecule has 0 atom stereocenters. The first-order chi connectivity index (χ1) is 16.4. The Morgan fingerprint density at radius 1 is 0.853 bits per heavy atom. The zero-order valence-corrected chi connectivity index (χ0v) is 20.1. The van der Waals surface area contributed by atoms with Crippen LogP contribution in [0.2, 0.25) is 0 Å². The lowest BCUT2D eigenvalue weighted by atomic mass is 10.1. The first-order valence-electron chi connectivity index (χ1n) is 11.9. The lowest BCUT2D eigenvalue weighted by Crippen LogP contribution is -2.46. The van der Waals surface area contributed by atoms with Gasteiger partial charge in [-0.1, -0.05) is 30.3 Å². The van der Waals surface area contributed by atoms with E-state index in [1.165, 1.54) is 16.0 Å². The fourth-order valence-corrected chi connectivity index (χ4v) is 5.05. The van der Waals surface area contributed by atoms with E-state index in [9.17, 15) is 9.59 Å².